The molecule has 3 aromatic rings. The van der Waals surface area contributed by atoms with Crippen LogP contribution < -0.4 is 10.5 Å². The number of aromatic nitrogens is 3. The summed E-state index contributed by atoms with van der Waals surface area (Å²) in [5.74, 6) is 0.907. The van der Waals surface area contributed by atoms with Gasteiger partial charge in [0.25, 0.3) is 5.56 Å². The molecule has 1 N–H and O–H groups in total. The summed E-state index contributed by atoms with van der Waals surface area (Å²) in [5.41, 5.74) is 0.955. The molecule has 3 aromatic heterocycles. The Kier molecular flexibility index (Phi) is 4.46. The molecule has 0 bridgehead atoms. The van der Waals surface area contributed by atoms with Crippen molar-refractivity contribution in [1.29, 1.82) is 0 Å². The molecule has 0 amide bonds. The number of nitrogens with zero attached hydrogens (tertiary/aromatic N) is 4. The second-order valence-corrected chi connectivity index (χ2v) is 7.76. The number of H-pyrrole nitrogens is 1. The molecule has 4 heterocycles. The van der Waals surface area contributed by atoms with E-state index < -0.39 is 5.95 Å². The molecule has 1 aliphatic heterocycles. The number of hydrogen-bond acceptors (Lipinski definition) is 6. The zero-order valence-electron chi connectivity index (χ0n) is 14.8. The second kappa shape index (κ2) is 6.77. The standard InChI is InChI=1S/C18H20FN5OS/c1-11-12(2)26-18-16(11)17(25)21-14(22-18)10-23-6-8-24(9-7-23)15-5-3-4-13(19)20-15/h3-5H,6-10H2,1-2H3,(H,21,22,25). The number of aryl methyl sites for hydroxylation is 2. The zero-order valence-corrected chi connectivity index (χ0v) is 15.6. The Labute approximate surface area is 154 Å². The van der Waals surface area contributed by atoms with Gasteiger partial charge in [0.1, 0.15) is 16.5 Å². The highest BCUT2D eigenvalue weighted by Crippen LogP contribution is 2.25. The third kappa shape index (κ3) is 3.22. The van der Waals surface area contributed by atoms with Crippen molar-refractivity contribution in [3.8, 4) is 0 Å². The molecule has 0 unspecified atom stereocenters. The number of nitrogens with one attached hydrogen (secondary N) is 1. The lowest BCUT2D eigenvalue weighted by atomic mass is 10.2. The smallest absolute Gasteiger partial charge is 0.259 e. The second-order valence-electron chi connectivity index (χ2n) is 6.56. The molecule has 8 heteroatoms. The maximum absolute atomic E-state index is 13.3. The zero-order chi connectivity index (χ0) is 18.3. The van der Waals surface area contributed by atoms with Crippen molar-refractivity contribution in [2.24, 2.45) is 0 Å². The van der Waals surface area contributed by atoms with Crippen LogP contribution in [0.15, 0.2) is 23.0 Å². The maximum atomic E-state index is 13.3. The van der Waals surface area contributed by atoms with Gasteiger partial charge in [-0.15, -0.1) is 11.3 Å². The normalized spacial score (nSPS) is 15.7. The van der Waals surface area contributed by atoms with Crippen molar-refractivity contribution >= 4 is 27.4 Å². The minimum absolute atomic E-state index is 0.0607. The van der Waals surface area contributed by atoms with E-state index in [4.69, 9.17) is 0 Å². The quantitative estimate of drug-likeness (QED) is 0.715. The molecule has 0 aromatic carbocycles. The number of piperazine rings is 1. The summed E-state index contributed by atoms with van der Waals surface area (Å²) in [5, 5.41) is 0.707. The molecule has 1 aliphatic rings. The van der Waals surface area contributed by atoms with E-state index in [1.54, 1.807) is 17.4 Å². The molecule has 4 rings (SSSR count). The van der Waals surface area contributed by atoms with Gasteiger partial charge in [0.2, 0.25) is 5.95 Å². The highest BCUT2D eigenvalue weighted by Gasteiger charge is 2.20. The Hall–Kier alpha value is -2.32. The number of aromatic amines is 1. The predicted octanol–water partition coefficient (Wildman–Crippen LogP) is 2.46. The molecule has 26 heavy (non-hydrogen) atoms. The molecule has 136 valence electrons. The Morgan fingerprint density at radius 3 is 2.69 bits per heavy atom. The lowest BCUT2D eigenvalue weighted by Crippen LogP contribution is -2.46. The van der Waals surface area contributed by atoms with Crippen LogP contribution in [0.3, 0.4) is 0 Å². The molecule has 0 atom stereocenters. The number of pyridine rings is 1. The summed E-state index contributed by atoms with van der Waals surface area (Å²) in [6.45, 7) is 7.72. The molecule has 1 saturated heterocycles. The fraction of sp³-hybridized carbons (Fsp3) is 0.389. The van der Waals surface area contributed by atoms with E-state index in [0.717, 1.165) is 41.5 Å². The Morgan fingerprint density at radius 1 is 1.19 bits per heavy atom. The highest BCUT2D eigenvalue weighted by molar-refractivity contribution is 7.18. The lowest BCUT2D eigenvalue weighted by Gasteiger charge is -2.35. The molecular formula is C18H20FN5OS. The van der Waals surface area contributed by atoms with Crippen LogP contribution in [-0.2, 0) is 6.54 Å². The van der Waals surface area contributed by atoms with E-state index >= 15 is 0 Å². The first-order valence-corrected chi connectivity index (χ1v) is 9.41. The first kappa shape index (κ1) is 17.1. The topological polar surface area (TPSA) is 65.1 Å². The van der Waals surface area contributed by atoms with Crippen LogP contribution in [0.1, 0.15) is 16.3 Å². The SMILES string of the molecule is Cc1sc2nc(CN3CCN(c4cccc(F)n4)CC3)[nH]c(=O)c2c1C. The van der Waals surface area contributed by atoms with Crippen molar-refractivity contribution < 1.29 is 4.39 Å². The van der Waals surface area contributed by atoms with Crippen molar-refractivity contribution in [1.82, 2.24) is 19.9 Å². The number of rotatable bonds is 3. The highest BCUT2D eigenvalue weighted by atomic mass is 32.1. The largest absolute Gasteiger partial charge is 0.354 e. The first-order chi connectivity index (χ1) is 12.5. The van der Waals surface area contributed by atoms with Gasteiger partial charge in [-0.1, -0.05) is 6.07 Å². The Bertz CT molecular complexity index is 1010. The number of hydrogen-bond donors (Lipinski definition) is 1. The van der Waals surface area contributed by atoms with Crippen molar-refractivity contribution in [3.05, 3.63) is 50.8 Å². The third-order valence-electron chi connectivity index (χ3n) is 4.86. The van der Waals surface area contributed by atoms with Crippen LogP contribution in [-0.4, -0.2) is 46.0 Å². The fourth-order valence-electron chi connectivity index (χ4n) is 3.29. The van der Waals surface area contributed by atoms with E-state index in [1.165, 1.54) is 6.07 Å². The van der Waals surface area contributed by atoms with E-state index in [-0.39, 0.29) is 5.56 Å². The van der Waals surface area contributed by atoms with Gasteiger partial charge in [-0.05, 0) is 31.5 Å². The van der Waals surface area contributed by atoms with Gasteiger partial charge < -0.3 is 9.88 Å². The average Bonchev–Trinajstić information content (AvgIpc) is 2.90. The summed E-state index contributed by atoms with van der Waals surface area (Å²) >= 11 is 1.57. The predicted molar refractivity (Wildman–Crippen MR) is 101 cm³/mol. The van der Waals surface area contributed by atoms with Crippen molar-refractivity contribution in [3.63, 3.8) is 0 Å². The molecule has 1 fully saturated rings. The van der Waals surface area contributed by atoms with E-state index in [2.05, 4.69) is 24.8 Å². The molecular weight excluding hydrogens is 353 g/mol. The van der Waals surface area contributed by atoms with Gasteiger partial charge in [0.05, 0.1) is 11.9 Å². The summed E-state index contributed by atoms with van der Waals surface area (Å²) in [6.07, 6.45) is 0. The Balaban J connectivity index is 1.46. The number of thiophene rings is 1. The summed E-state index contributed by atoms with van der Waals surface area (Å²) < 4.78 is 13.3. The minimum atomic E-state index is -0.457. The van der Waals surface area contributed by atoms with Crippen LogP contribution in [0.5, 0.6) is 0 Å². The van der Waals surface area contributed by atoms with Gasteiger partial charge >= 0.3 is 0 Å². The van der Waals surface area contributed by atoms with Crippen LogP contribution in [0.2, 0.25) is 0 Å². The van der Waals surface area contributed by atoms with Gasteiger partial charge in [-0.3, -0.25) is 9.69 Å². The number of fused-ring (bicyclic) bond motifs is 1. The van der Waals surface area contributed by atoms with Crippen LogP contribution in [0.4, 0.5) is 10.2 Å². The molecule has 0 radical (unpaired) electrons. The molecule has 6 nitrogen and oxygen atoms in total. The molecule has 0 spiro atoms. The monoisotopic (exact) mass is 373 g/mol. The van der Waals surface area contributed by atoms with Gasteiger partial charge in [-0.2, -0.15) is 4.39 Å². The lowest BCUT2D eigenvalue weighted by molar-refractivity contribution is 0.243. The van der Waals surface area contributed by atoms with Crippen molar-refractivity contribution in [2.75, 3.05) is 31.1 Å². The third-order valence-corrected chi connectivity index (χ3v) is 5.96. The summed E-state index contributed by atoms with van der Waals surface area (Å²) in [4.78, 5) is 30.2. The van der Waals surface area contributed by atoms with Crippen LogP contribution in [0, 0.1) is 19.8 Å². The van der Waals surface area contributed by atoms with E-state index in [1.807, 2.05) is 19.9 Å². The molecule has 0 aliphatic carbocycles. The summed E-state index contributed by atoms with van der Waals surface area (Å²) in [6, 6.07) is 4.86. The minimum Gasteiger partial charge on any atom is -0.354 e. The Morgan fingerprint density at radius 2 is 1.96 bits per heavy atom. The van der Waals surface area contributed by atoms with Gasteiger partial charge in [-0.25, -0.2) is 9.97 Å². The van der Waals surface area contributed by atoms with E-state index in [0.29, 0.717) is 23.6 Å². The summed E-state index contributed by atoms with van der Waals surface area (Å²) in [7, 11) is 0. The van der Waals surface area contributed by atoms with Gasteiger partial charge in [0, 0.05) is 31.1 Å². The maximum Gasteiger partial charge on any atom is 0.259 e. The van der Waals surface area contributed by atoms with Crippen molar-refractivity contribution in [2.45, 2.75) is 20.4 Å². The molecule has 0 saturated carbocycles. The fourth-order valence-corrected chi connectivity index (χ4v) is 4.34. The number of halogens is 1. The van der Waals surface area contributed by atoms with Gasteiger partial charge in [0.15, 0.2) is 0 Å². The van der Waals surface area contributed by atoms with Crippen LogP contribution >= 0.6 is 11.3 Å². The first-order valence-electron chi connectivity index (χ1n) is 8.60. The van der Waals surface area contributed by atoms with Crippen LogP contribution in [0.25, 0.3) is 10.2 Å². The number of anilines is 1. The average molecular weight is 373 g/mol. The van der Waals surface area contributed by atoms with E-state index in [9.17, 15) is 9.18 Å².